The molecule has 1 aromatic rings. The predicted molar refractivity (Wildman–Crippen MR) is 55.3 cm³/mol. The van der Waals surface area contributed by atoms with E-state index in [1.165, 1.54) is 0 Å². The fraction of sp³-hybridized carbons (Fsp3) is 0.417. The van der Waals surface area contributed by atoms with Gasteiger partial charge in [0, 0.05) is 5.56 Å². The molecule has 0 bridgehead atoms. The Labute approximate surface area is 113 Å². The Morgan fingerprint density at radius 3 is 1.48 bits per heavy atom. The monoisotopic (exact) mass is 323 g/mol. The molecule has 0 unspecified atom stereocenters. The van der Waals surface area contributed by atoms with Gasteiger partial charge in [0.2, 0.25) is 0 Å². The van der Waals surface area contributed by atoms with Gasteiger partial charge in [-0.25, -0.2) is 0 Å². The van der Waals surface area contributed by atoms with Crippen LogP contribution in [0.5, 0.6) is 0 Å². The Morgan fingerprint density at radius 2 is 1.14 bits per heavy atom. The molecule has 0 N–H and O–H groups in total. The summed E-state index contributed by atoms with van der Waals surface area (Å²) in [5.41, 5.74) is -1.32. The summed E-state index contributed by atoms with van der Waals surface area (Å²) >= 11 is 0. The molecule has 0 atom stereocenters. The molecule has 1 aromatic carbocycles. The van der Waals surface area contributed by atoms with Crippen molar-refractivity contribution >= 4 is 0 Å². The number of halogens is 9. The summed E-state index contributed by atoms with van der Waals surface area (Å²) in [4.78, 5) is 0. The summed E-state index contributed by atoms with van der Waals surface area (Å²) in [5.74, 6) is -19.2. The van der Waals surface area contributed by atoms with Gasteiger partial charge in [-0.05, 0) is 18.9 Å². The van der Waals surface area contributed by atoms with Gasteiger partial charge in [-0.15, -0.1) is 0 Å². The minimum absolute atomic E-state index is 0.0982. The zero-order chi connectivity index (χ0) is 16.7. The summed E-state index contributed by atoms with van der Waals surface area (Å²) in [6.07, 6.45) is -6.71. The van der Waals surface area contributed by atoms with Crippen LogP contribution in [0.25, 0.3) is 0 Å². The van der Waals surface area contributed by atoms with Crippen molar-refractivity contribution in [2.45, 2.75) is 30.4 Å². The standard InChI is InChI=1S/C12H8F9/c1-2-7-3-5-8(6-4-7)9(13,14)10(15,16)11(17,18)12(19,20)21/h3-6H,1-2H2. The van der Waals surface area contributed by atoms with E-state index in [4.69, 9.17) is 0 Å². The number of hydrogen-bond donors (Lipinski definition) is 0. The highest BCUT2D eigenvalue weighted by Gasteiger charge is 2.81. The average Bonchev–Trinajstić information content (AvgIpc) is 2.37. The number of hydrogen-bond acceptors (Lipinski definition) is 0. The Balaban J connectivity index is 3.32. The molecule has 0 fully saturated rings. The topological polar surface area (TPSA) is 0 Å². The van der Waals surface area contributed by atoms with Crippen LogP contribution in [-0.2, 0) is 12.3 Å². The first-order chi connectivity index (χ1) is 9.29. The van der Waals surface area contributed by atoms with Crippen LogP contribution in [0.4, 0.5) is 39.5 Å². The summed E-state index contributed by atoms with van der Waals surface area (Å²) in [6.45, 7) is 3.36. The van der Waals surface area contributed by atoms with Crippen LogP contribution >= 0.6 is 0 Å². The van der Waals surface area contributed by atoms with E-state index in [2.05, 4.69) is 6.92 Å². The molecule has 0 aliphatic rings. The van der Waals surface area contributed by atoms with Crippen molar-refractivity contribution in [3.63, 3.8) is 0 Å². The second kappa shape index (κ2) is 5.10. The lowest BCUT2D eigenvalue weighted by atomic mass is 9.96. The van der Waals surface area contributed by atoms with Crippen LogP contribution in [0.3, 0.4) is 0 Å². The van der Waals surface area contributed by atoms with E-state index in [-0.39, 0.29) is 6.42 Å². The molecule has 0 aromatic heterocycles. The Morgan fingerprint density at radius 1 is 0.714 bits per heavy atom. The fourth-order valence-electron chi connectivity index (χ4n) is 1.44. The lowest BCUT2D eigenvalue weighted by Crippen LogP contribution is -2.59. The molecule has 21 heavy (non-hydrogen) atoms. The van der Waals surface area contributed by atoms with E-state index >= 15 is 0 Å². The van der Waals surface area contributed by atoms with Gasteiger partial charge in [0.25, 0.3) is 0 Å². The van der Waals surface area contributed by atoms with Gasteiger partial charge in [-0.1, -0.05) is 24.3 Å². The second-order valence-corrected chi connectivity index (χ2v) is 4.17. The molecular weight excluding hydrogens is 315 g/mol. The lowest BCUT2D eigenvalue weighted by molar-refractivity contribution is -0.399. The maximum Gasteiger partial charge on any atom is 0.460 e. The molecule has 1 radical (unpaired) electrons. The average molecular weight is 323 g/mol. The predicted octanol–water partition coefficient (Wildman–Crippen LogP) is 4.99. The minimum Gasteiger partial charge on any atom is -0.194 e. The Hall–Kier alpha value is -1.41. The fourth-order valence-corrected chi connectivity index (χ4v) is 1.44. The third kappa shape index (κ3) is 2.69. The first-order valence-electron chi connectivity index (χ1n) is 5.38. The normalized spacial score (nSPS) is 14.4. The molecule has 0 amide bonds. The van der Waals surface area contributed by atoms with E-state index in [9.17, 15) is 39.5 Å². The van der Waals surface area contributed by atoms with Gasteiger partial charge in [0.15, 0.2) is 0 Å². The Kier molecular flexibility index (Phi) is 4.28. The quantitative estimate of drug-likeness (QED) is 0.685. The molecule has 0 heterocycles. The van der Waals surface area contributed by atoms with Crippen LogP contribution < -0.4 is 0 Å². The van der Waals surface area contributed by atoms with Crippen molar-refractivity contribution < 1.29 is 39.5 Å². The van der Waals surface area contributed by atoms with E-state index in [0.717, 1.165) is 12.1 Å². The molecule has 0 aliphatic heterocycles. The van der Waals surface area contributed by atoms with Gasteiger partial charge in [-0.3, -0.25) is 0 Å². The molecule has 0 spiro atoms. The van der Waals surface area contributed by atoms with Crippen molar-refractivity contribution in [2.24, 2.45) is 0 Å². The zero-order valence-corrected chi connectivity index (χ0v) is 10.1. The van der Waals surface area contributed by atoms with Gasteiger partial charge < -0.3 is 0 Å². The summed E-state index contributed by atoms with van der Waals surface area (Å²) in [5, 5.41) is 0. The molecule has 0 nitrogen and oxygen atoms in total. The van der Waals surface area contributed by atoms with Crippen LogP contribution in [-0.4, -0.2) is 18.0 Å². The smallest absolute Gasteiger partial charge is 0.194 e. The maximum atomic E-state index is 13.4. The molecule has 1 rings (SSSR count). The largest absolute Gasteiger partial charge is 0.460 e. The molecular formula is C12H8F9. The molecule has 119 valence electrons. The van der Waals surface area contributed by atoms with E-state index in [1.807, 2.05) is 0 Å². The highest BCUT2D eigenvalue weighted by Crippen LogP contribution is 2.56. The first-order valence-corrected chi connectivity index (χ1v) is 5.38. The van der Waals surface area contributed by atoms with Crippen LogP contribution in [0.15, 0.2) is 24.3 Å². The van der Waals surface area contributed by atoms with Gasteiger partial charge in [0.05, 0.1) is 0 Å². The number of alkyl halides is 9. The zero-order valence-electron chi connectivity index (χ0n) is 10.1. The second-order valence-electron chi connectivity index (χ2n) is 4.17. The van der Waals surface area contributed by atoms with Crippen molar-refractivity contribution in [1.29, 1.82) is 0 Å². The highest BCUT2D eigenvalue weighted by atomic mass is 19.4. The minimum atomic E-state index is -6.88. The summed E-state index contributed by atoms with van der Waals surface area (Å²) < 4.78 is 114. The summed E-state index contributed by atoms with van der Waals surface area (Å²) in [7, 11) is 0. The molecule has 0 saturated heterocycles. The van der Waals surface area contributed by atoms with Crippen molar-refractivity contribution in [3.8, 4) is 0 Å². The van der Waals surface area contributed by atoms with E-state index < -0.39 is 29.5 Å². The summed E-state index contributed by atoms with van der Waals surface area (Å²) in [6, 6.07) is 2.50. The van der Waals surface area contributed by atoms with Crippen LogP contribution in [0, 0.1) is 6.92 Å². The van der Waals surface area contributed by atoms with Crippen molar-refractivity contribution in [2.75, 3.05) is 0 Å². The Bertz CT molecular complexity index is 484. The molecule has 9 heteroatoms. The number of benzene rings is 1. The van der Waals surface area contributed by atoms with Crippen LogP contribution in [0.2, 0.25) is 0 Å². The lowest BCUT2D eigenvalue weighted by Gasteiger charge is -2.33. The third-order valence-electron chi connectivity index (χ3n) is 2.75. The van der Waals surface area contributed by atoms with Gasteiger partial charge in [-0.2, -0.15) is 39.5 Å². The van der Waals surface area contributed by atoms with Crippen molar-refractivity contribution in [1.82, 2.24) is 0 Å². The van der Waals surface area contributed by atoms with E-state index in [1.54, 1.807) is 0 Å². The maximum absolute atomic E-state index is 13.4. The molecule has 0 saturated carbocycles. The van der Waals surface area contributed by atoms with E-state index in [0.29, 0.717) is 17.7 Å². The van der Waals surface area contributed by atoms with Gasteiger partial charge >= 0.3 is 23.9 Å². The van der Waals surface area contributed by atoms with Crippen LogP contribution in [0.1, 0.15) is 11.1 Å². The number of rotatable bonds is 4. The van der Waals surface area contributed by atoms with Crippen molar-refractivity contribution in [3.05, 3.63) is 42.3 Å². The molecule has 0 aliphatic carbocycles. The highest BCUT2D eigenvalue weighted by molar-refractivity contribution is 5.29. The SMILES string of the molecule is [CH2]Cc1ccc(C(F)(F)C(F)(F)C(F)(F)C(F)(F)F)cc1. The van der Waals surface area contributed by atoms with Gasteiger partial charge in [0.1, 0.15) is 0 Å². The third-order valence-corrected chi connectivity index (χ3v) is 2.75. The first kappa shape index (κ1) is 17.6.